The van der Waals surface area contributed by atoms with E-state index < -0.39 is 36.0 Å². The minimum Gasteiger partial charge on any atom is -0.497 e. The molecular formula is C40H57N9O5S2. The molecule has 56 heavy (non-hydrogen) atoms. The number of unbranched alkanes of at least 4 members (excludes halogenated alkanes) is 2. The maximum atomic E-state index is 14.0. The van der Waals surface area contributed by atoms with Gasteiger partial charge in [-0.05, 0) is 73.9 Å². The second-order valence-electron chi connectivity index (χ2n) is 13.4. The van der Waals surface area contributed by atoms with Crippen molar-refractivity contribution in [3.63, 3.8) is 0 Å². The standard InChI is InChI=1S/C40H57N9O5S2/c1-6-7-8-14-31(37(51)45-24-28-12-9-13-29(23-28)54-5)47-27(4)30(17-20-36(41)50)49-38(52)32(15-10-21-44-40(42)43)46-25(2)26(3)48-39(53)35-19-18-34(56-35)33-16-11-22-55-33/h9,11-13,16,18-19,22-23,26,30-32,46-47H,2,4,6-8,10,14-15,17,20-21,24H2,1,3,5H3,(H2,41,50)(H,45,51)(H,48,53)(H,49,52)(H4,42,43,44)/t26-,30-,31-,32-/m0/s1. The van der Waals surface area contributed by atoms with Gasteiger partial charge in [0.1, 0.15) is 17.8 Å². The van der Waals surface area contributed by atoms with Gasteiger partial charge in [-0.2, -0.15) is 0 Å². The Hall–Kier alpha value is -5.35. The van der Waals surface area contributed by atoms with Gasteiger partial charge in [0.25, 0.3) is 5.91 Å². The largest absolute Gasteiger partial charge is 0.497 e. The van der Waals surface area contributed by atoms with Crippen LogP contribution in [0, 0.1) is 0 Å². The van der Waals surface area contributed by atoms with E-state index in [1.54, 1.807) is 31.4 Å². The zero-order chi connectivity index (χ0) is 41.0. The molecule has 1 aromatic carbocycles. The summed E-state index contributed by atoms with van der Waals surface area (Å²) in [6.07, 6.45) is 4.04. The summed E-state index contributed by atoms with van der Waals surface area (Å²) in [5.41, 5.74) is 18.2. The van der Waals surface area contributed by atoms with Crippen LogP contribution in [0.1, 0.15) is 80.4 Å². The predicted octanol–water partition coefficient (Wildman–Crippen LogP) is 4.25. The van der Waals surface area contributed by atoms with Crippen molar-refractivity contribution in [2.24, 2.45) is 22.2 Å². The first-order valence-corrected chi connectivity index (χ1v) is 20.4. The molecule has 2 aromatic heterocycles. The second kappa shape index (κ2) is 23.5. The summed E-state index contributed by atoms with van der Waals surface area (Å²) in [5.74, 6) is -0.852. The van der Waals surface area contributed by atoms with Crippen molar-refractivity contribution >= 4 is 52.3 Å². The maximum absolute atomic E-state index is 14.0. The van der Waals surface area contributed by atoms with Crippen molar-refractivity contribution in [3.05, 3.63) is 88.9 Å². The Morgan fingerprint density at radius 3 is 2.23 bits per heavy atom. The van der Waals surface area contributed by atoms with Crippen LogP contribution in [0.25, 0.3) is 9.75 Å². The number of benzene rings is 1. The van der Waals surface area contributed by atoms with Gasteiger partial charge in [0.2, 0.25) is 17.7 Å². The van der Waals surface area contributed by atoms with E-state index in [0.717, 1.165) is 34.6 Å². The Morgan fingerprint density at radius 2 is 1.55 bits per heavy atom. The number of carbonyl (C=O) groups excluding carboxylic acids is 4. The van der Waals surface area contributed by atoms with Crippen LogP contribution in [0.3, 0.4) is 0 Å². The van der Waals surface area contributed by atoms with Crippen LogP contribution < -0.4 is 48.5 Å². The molecule has 0 radical (unpaired) electrons. The van der Waals surface area contributed by atoms with Crippen LogP contribution in [0.15, 0.2) is 83.5 Å². The van der Waals surface area contributed by atoms with Gasteiger partial charge in [0.05, 0.1) is 24.1 Å². The van der Waals surface area contributed by atoms with Gasteiger partial charge in [0, 0.05) is 40.7 Å². The fraction of sp³-hybridized carbons (Fsp3) is 0.425. The summed E-state index contributed by atoms with van der Waals surface area (Å²) in [6.45, 7) is 12.7. The monoisotopic (exact) mass is 807 g/mol. The first-order chi connectivity index (χ1) is 26.8. The molecule has 4 amide bonds. The number of hydrogen-bond acceptors (Lipinski definition) is 10. The van der Waals surface area contributed by atoms with Crippen LogP contribution in [-0.2, 0) is 20.9 Å². The number of nitrogens with one attached hydrogen (secondary N) is 5. The minimum atomic E-state index is -0.835. The SMILES string of the molecule is C=C(N[C@@H](CCCN=C(N)N)C(=O)N[C@@H](CCC(N)=O)C(=C)N[C@@H](CCCCC)C(=O)NCc1cccc(OC)c1)[C@H](C)NC(=O)c1ccc(-c2cccs2)s1. The van der Waals surface area contributed by atoms with Crippen molar-refractivity contribution < 1.29 is 23.9 Å². The number of ether oxygens (including phenoxy) is 1. The summed E-state index contributed by atoms with van der Waals surface area (Å²) in [4.78, 5) is 59.3. The molecule has 11 N–H and O–H groups in total. The molecule has 0 spiro atoms. The molecule has 0 aliphatic carbocycles. The molecule has 3 rings (SSSR count). The lowest BCUT2D eigenvalue weighted by Gasteiger charge is -2.29. The molecule has 0 aliphatic heterocycles. The van der Waals surface area contributed by atoms with E-state index in [1.807, 2.05) is 47.8 Å². The predicted molar refractivity (Wildman–Crippen MR) is 226 cm³/mol. The zero-order valence-electron chi connectivity index (χ0n) is 32.5. The Balaban J connectivity index is 1.74. The Bertz CT molecular complexity index is 1790. The Morgan fingerprint density at radius 1 is 0.821 bits per heavy atom. The Labute approximate surface area is 337 Å². The molecule has 3 aromatic rings. The average Bonchev–Trinajstić information content (AvgIpc) is 3.89. The van der Waals surface area contributed by atoms with Crippen molar-refractivity contribution in [2.45, 2.75) is 95.9 Å². The van der Waals surface area contributed by atoms with Gasteiger partial charge in [0.15, 0.2) is 5.96 Å². The number of guanidine groups is 1. The van der Waals surface area contributed by atoms with Crippen LogP contribution >= 0.6 is 22.7 Å². The highest BCUT2D eigenvalue weighted by Crippen LogP contribution is 2.31. The van der Waals surface area contributed by atoms with E-state index in [9.17, 15) is 19.2 Å². The highest BCUT2D eigenvalue weighted by molar-refractivity contribution is 7.22. The first kappa shape index (κ1) is 45.0. The molecule has 0 bridgehead atoms. The highest BCUT2D eigenvalue weighted by Gasteiger charge is 2.27. The fourth-order valence-corrected chi connectivity index (χ4v) is 7.41. The smallest absolute Gasteiger partial charge is 0.261 e. The molecule has 0 fully saturated rings. The normalized spacial score (nSPS) is 12.9. The molecule has 0 saturated carbocycles. The summed E-state index contributed by atoms with van der Waals surface area (Å²) in [5, 5.41) is 17.4. The molecule has 0 saturated heterocycles. The molecular weight excluding hydrogens is 751 g/mol. The number of aliphatic imine (C=N–C) groups is 1. The Kier molecular flexibility index (Phi) is 18.9. The zero-order valence-corrected chi connectivity index (χ0v) is 34.2. The molecule has 0 aliphatic rings. The third-order valence-electron chi connectivity index (χ3n) is 8.88. The number of amides is 4. The van der Waals surface area contributed by atoms with Crippen LogP contribution in [0.5, 0.6) is 5.75 Å². The number of methoxy groups -OCH3 is 1. The van der Waals surface area contributed by atoms with Gasteiger partial charge in [-0.1, -0.05) is 57.5 Å². The number of carbonyl (C=O) groups is 4. The average molecular weight is 808 g/mol. The van der Waals surface area contributed by atoms with Gasteiger partial charge in [-0.25, -0.2) is 0 Å². The highest BCUT2D eigenvalue weighted by atomic mass is 32.1. The van der Waals surface area contributed by atoms with Crippen molar-refractivity contribution in [1.29, 1.82) is 0 Å². The third-order valence-corrected chi connectivity index (χ3v) is 11.0. The van der Waals surface area contributed by atoms with Gasteiger partial charge >= 0.3 is 0 Å². The van der Waals surface area contributed by atoms with Crippen LogP contribution in [0.4, 0.5) is 0 Å². The van der Waals surface area contributed by atoms with Gasteiger partial charge in [-0.15, -0.1) is 22.7 Å². The van der Waals surface area contributed by atoms with Crippen molar-refractivity contribution in [1.82, 2.24) is 26.6 Å². The molecule has 2 heterocycles. The summed E-state index contributed by atoms with van der Waals surface area (Å²) in [6, 6.07) is 12.3. The number of rotatable bonds is 26. The second-order valence-corrected chi connectivity index (χ2v) is 15.4. The quantitative estimate of drug-likeness (QED) is 0.0329. The van der Waals surface area contributed by atoms with E-state index in [0.29, 0.717) is 41.3 Å². The van der Waals surface area contributed by atoms with Gasteiger partial charge < -0.3 is 48.5 Å². The molecule has 16 heteroatoms. The van der Waals surface area contributed by atoms with Gasteiger partial charge in [-0.3, -0.25) is 24.2 Å². The molecule has 14 nitrogen and oxygen atoms in total. The van der Waals surface area contributed by atoms with E-state index >= 15 is 0 Å². The summed E-state index contributed by atoms with van der Waals surface area (Å²) in [7, 11) is 1.58. The maximum Gasteiger partial charge on any atom is 0.261 e. The fourth-order valence-electron chi connectivity index (χ4n) is 5.67. The van der Waals surface area contributed by atoms with Crippen molar-refractivity contribution in [3.8, 4) is 15.5 Å². The first-order valence-electron chi connectivity index (χ1n) is 18.7. The summed E-state index contributed by atoms with van der Waals surface area (Å²) < 4.78 is 5.31. The van der Waals surface area contributed by atoms with E-state index in [1.165, 1.54) is 11.3 Å². The van der Waals surface area contributed by atoms with E-state index in [2.05, 4.69) is 51.7 Å². The minimum absolute atomic E-state index is 0.0382. The topological polar surface area (TPSA) is 228 Å². The molecule has 0 unspecified atom stereocenters. The lowest BCUT2D eigenvalue weighted by Crippen LogP contribution is -2.53. The summed E-state index contributed by atoms with van der Waals surface area (Å²) >= 11 is 2.99. The number of nitrogens with two attached hydrogens (primary N) is 3. The molecule has 304 valence electrons. The van der Waals surface area contributed by atoms with Crippen LogP contribution in [-0.4, -0.2) is 67.4 Å². The van der Waals surface area contributed by atoms with E-state index in [4.69, 9.17) is 21.9 Å². The third kappa shape index (κ3) is 15.4. The lowest BCUT2D eigenvalue weighted by molar-refractivity contribution is -0.124. The number of thiophene rings is 2. The van der Waals surface area contributed by atoms with Crippen molar-refractivity contribution in [2.75, 3.05) is 13.7 Å². The van der Waals surface area contributed by atoms with E-state index in [-0.39, 0.29) is 43.7 Å². The molecule has 4 atom stereocenters. The lowest BCUT2D eigenvalue weighted by atomic mass is 10.0. The number of hydrogen-bond donors (Lipinski definition) is 8. The number of primary amides is 1. The van der Waals surface area contributed by atoms with Crippen LogP contribution in [0.2, 0.25) is 0 Å². The number of nitrogens with zero attached hydrogens (tertiary/aromatic N) is 1.